The maximum Gasteiger partial charge on any atom is 0.234 e. The predicted molar refractivity (Wildman–Crippen MR) is 113 cm³/mol. The molecule has 156 valence electrons. The first-order valence-electron chi connectivity index (χ1n) is 9.09. The number of hydrogen-bond acceptors (Lipinski definition) is 5. The monoisotopic (exact) mass is 421 g/mol. The third kappa shape index (κ3) is 9.74. The fourth-order valence-electron chi connectivity index (χ4n) is 3.05. The molecule has 2 rings (SSSR count). The van der Waals surface area contributed by atoms with Crippen LogP contribution in [-0.4, -0.2) is 69.5 Å². The number of ether oxygens (including phenoxy) is 2. The van der Waals surface area contributed by atoms with Crippen molar-refractivity contribution >= 4 is 30.7 Å². The summed E-state index contributed by atoms with van der Waals surface area (Å²) in [4.78, 5) is 14.5. The van der Waals surface area contributed by atoms with Crippen molar-refractivity contribution in [3.05, 3.63) is 35.9 Å². The lowest BCUT2D eigenvalue weighted by atomic mass is 10.1. The molecule has 27 heavy (non-hydrogen) atoms. The van der Waals surface area contributed by atoms with Gasteiger partial charge in [-0.15, -0.1) is 24.8 Å². The van der Waals surface area contributed by atoms with Gasteiger partial charge in [-0.3, -0.25) is 9.69 Å². The number of rotatable bonds is 10. The maximum atomic E-state index is 12.1. The van der Waals surface area contributed by atoms with E-state index >= 15 is 0 Å². The minimum Gasteiger partial charge on any atom is -0.383 e. The molecule has 0 radical (unpaired) electrons. The van der Waals surface area contributed by atoms with Crippen LogP contribution in [-0.2, 0) is 20.8 Å². The molecule has 0 saturated carbocycles. The van der Waals surface area contributed by atoms with Crippen molar-refractivity contribution in [2.45, 2.75) is 32.0 Å². The number of methoxy groups -OCH3 is 1. The number of morpholine rings is 1. The third-order valence-corrected chi connectivity index (χ3v) is 4.43. The molecule has 1 amide bonds. The third-order valence-electron chi connectivity index (χ3n) is 4.43. The van der Waals surface area contributed by atoms with E-state index < -0.39 is 0 Å². The van der Waals surface area contributed by atoms with Crippen molar-refractivity contribution in [1.29, 1.82) is 0 Å². The summed E-state index contributed by atoms with van der Waals surface area (Å²) in [5.41, 5.74) is 1.31. The van der Waals surface area contributed by atoms with Crippen molar-refractivity contribution < 1.29 is 14.3 Å². The van der Waals surface area contributed by atoms with E-state index in [1.807, 2.05) is 6.07 Å². The van der Waals surface area contributed by atoms with Gasteiger partial charge in [0.05, 0.1) is 31.9 Å². The summed E-state index contributed by atoms with van der Waals surface area (Å²) in [6.07, 6.45) is 0.888. The second-order valence-corrected chi connectivity index (χ2v) is 6.38. The molecule has 8 heteroatoms. The van der Waals surface area contributed by atoms with E-state index in [0.29, 0.717) is 26.3 Å². The molecule has 2 N–H and O–H groups in total. The van der Waals surface area contributed by atoms with E-state index in [-0.39, 0.29) is 42.9 Å². The summed E-state index contributed by atoms with van der Waals surface area (Å²) in [7, 11) is 1.65. The lowest BCUT2D eigenvalue weighted by Crippen LogP contribution is -2.54. The highest BCUT2D eigenvalue weighted by atomic mass is 35.5. The topological polar surface area (TPSA) is 62.8 Å². The Kier molecular flexibility index (Phi) is 14.6. The summed E-state index contributed by atoms with van der Waals surface area (Å²) in [5.74, 6) is 0.00624. The van der Waals surface area contributed by atoms with Crippen LogP contribution in [0, 0.1) is 0 Å². The standard InChI is InChI=1S/C19H31N3O3.2ClH/c1-3-17(21-19(23)13-20-9-11-24-2)18-15-22(10-12-25-18)14-16-7-5-4-6-8-16;;/h4-8,17-18,20H,3,9-15H2,1-2H3,(H,21,23);2*1H. The molecular formula is C19H33Cl2N3O3. The first-order valence-corrected chi connectivity index (χ1v) is 9.09. The van der Waals surface area contributed by atoms with Gasteiger partial charge in [0, 0.05) is 33.3 Å². The van der Waals surface area contributed by atoms with Crippen LogP contribution in [0.3, 0.4) is 0 Å². The molecule has 0 spiro atoms. The van der Waals surface area contributed by atoms with Gasteiger partial charge in [-0.1, -0.05) is 37.3 Å². The quantitative estimate of drug-likeness (QED) is 0.564. The molecule has 1 aliphatic heterocycles. The van der Waals surface area contributed by atoms with E-state index in [9.17, 15) is 4.79 Å². The molecule has 1 aromatic rings. The number of amides is 1. The molecule has 6 nitrogen and oxygen atoms in total. The molecule has 0 aromatic heterocycles. The Morgan fingerprint density at radius 1 is 1.33 bits per heavy atom. The number of benzene rings is 1. The highest BCUT2D eigenvalue weighted by Crippen LogP contribution is 2.14. The van der Waals surface area contributed by atoms with Crippen LogP contribution in [0.4, 0.5) is 0 Å². The average Bonchev–Trinajstić information content (AvgIpc) is 2.64. The lowest BCUT2D eigenvalue weighted by Gasteiger charge is -2.37. The zero-order chi connectivity index (χ0) is 17.9. The number of halogens is 2. The number of nitrogens with zero attached hydrogens (tertiary/aromatic N) is 1. The van der Waals surface area contributed by atoms with Gasteiger partial charge in [-0.2, -0.15) is 0 Å². The Balaban J connectivity index is 0.00000338. The zero-order valence-electron chi connectivity index (χ0n) is 16.2. The van der Waals surface area contributed by atoms with Gasteiger partial charge in [0.1, 0.15) is 0 Å². The minimum absolute atomic E-state index is 0. The first-order chi connectivity index (χ1) is 12.2. The van der Waals surface area contributed by atoms with Crippen molar-refractivity contribution in [3.8, 4) is 0 Å². The van der Waals surface area contributed by atoms with Crippen molar-refractivity contribution in [2.75, 3.05) is 46.5 Å². The smallest absolute Gasteiger partial charge is 0.234 e. The molecule has 0 aliphatic carbocycles. The number of hydrogen-bond donors (Lipinski definition) is 2. The summed E-state index contributed by atoms with van der Waals surface area (Å²) in [6.45, 7) is 7.05. The maximum absolute atomic E-state index is 12.1. The SMILES string of the molecule is CCC(NC(=O)CNCCOC)C1CN(Cc2ccccc2)CCO1.Cl.Cl. The van der Waals surface area contributed by atoms with Gasteiger partial charge in [0.2, 0.25) is 5.91 Å². The number of carbonyl (C=O) groups is 1. The summed E-state index contributed by atoms with van der Waals surface area (Å²) >= 11 is 0. The molecule has 2 atom stereocenters. The summed E-state index contributed by atoms with van der Waals surface area (Å²) in [5, 5.41) is 6.18. The Morgan fingerprint density at radius 2 is 2.07 bits per heavy atom. The molecule has 1 aromatic carbocycles. The zero-order valence-corrected chi connectivity index (χ0v) is 17.8. The fourth-order valence-corrected chi connectivity index (χ4v) is 3.05. The van der Waals surface area contributed by atoms with Gasteiger partial charge in [0.25, 0.3) is 0 Å². The molecule has 1 saturated heterocycles. The van der Waals surface area contributed by atoms with Crippen LogP contribution in [0.25, 0.3) is 0 Å². The molecule has 1 aliphatic rings. The first kappa shape index (κ1) is 26.1. The molecule has 1 heterocycles. The minimum atomic E-state index is 0. The van der Waals surface area contributed by atoms with Crippen LogP contribution in [0.2, 0.25) is 0 Å². The molecule has 1 fully saturated rings. The Morgan fingerprint density at radius 3 is 2.74 bits per heavy atom. The van der Waals surface area contributed by atoms with Crippen molar-refractivity contribution in [3.63, 3.8) is 0 Å². The number of nitrogens with one attached hydrogen (secondary N) is 2. The van der Waals surface area contributed by atoms with Crippen molar-refractivity contribution in [2.24, 2.45) is 0 Å². The second kappa shape index (κ2) is 15.1. The van der Waals surface area contributed by atoms with E-state index in [1.54, 1.807) is 7.11 Å². The molecule has 0 bridgehead atoms. The van der Waals surface area contributed by atoms with Crippen LogP contribution in [0.15, 0.2) is 30.3 Å². The van der Waals surface area contributed by atoms with Gasteiger partial charge >= 0.3 is 0 Å². The predicted octanol–water partition coefficient (Wildman–Crippen LogP) is 1.86. The van der Waals surface area contributed by atoms with Crippen LogP contribution in [0.1, 0.15) is 18.9 Å². The van der Waals surface area contributed by atoms with Crippen LogP contribution >= 0.6 is 24.8 Å². The largest absolute Gasteiger partial charge is 0.383 e. The van der Waals surface area contributed by atoms with Gasteiger partial charge in [-0.25, -0.2) is 0 Å². The fraction of sp³-hybridized carbons (Fsp3) is 0.632. The Labute approximate surface area is 175 Å². The van der Waals surface area contributed by atoms with E-state index in [0.717, 1.165) is 26.1 Å². The normalized spacial score (nSPS) is 18.1. The van der Waals surface area contributed by atoms with Crippen LogP contribution in [0.5, 0.6) is 0 Å². The van der Waals surface area contributed by atoms with Gasteiger partial charge in [0.15, 0.2) is 0 Å². The van der Waals surface area contributed by atoms with Gasteiger partial charge < -0.3 is 20.1 Å². The second-order valence-electron chi connectivity index (χ2n) is 6.38. The lowest BCUT2D eigenvalue weighted by molar-refractivity contribution is -0.123. The van der Waals surface area contributed by atoms with E-state index in [4.69, 9.17) is 9.47 Å². The van der Waals surface area contributed by atoms with Gasteiger partial charge in [-0.05, 0) is 12.0 Å². The highest BCUT2D eigenvalue weighted by Gasteiger charge is 2.28. The average molecular weight is 422 g/mol. The summed E-state index contributed by atoms with van der Waals surface area (Å²) in [6, 6.07) is 10.5. The number of carbonyl (C=O) groups excluding carboxylic acids is 1. The Hall–Kier alpha value is -0.890. The highest BCUT2D eigenvalue weighted by molar-refractivity contribution is 5.85. The molecular weight excluding hydrogens is 389 g/mol. The van der Waals surface area contributed by atoms with Crippen LogP contribution < -0.4 is 10.6 Å². The summed E-state index contributed by atoms with van der Waals surface area (Å²) < 4.78 is 10.9. The van der Waals surface area contributed by atoms with E-state index in [2.05, 4.69) is 46.7 Å². The Bertz CT molecular complexity index is 508. The molecule has 2 unspecified atom stereocenters. The van der Waals surface area contributed by atoms with Crippen molar-refractivity contribution in [1.82, 2.24) is 15.5 Å². The van der Waals surface area contributed by atoms with E-state index in [1.165, 1.54) is 5.56 Å².